The number of aromatic nitrogens is 2. The molecule has 1 aliphatic heterocycles. The highest BCUT2D eigenvalue weighted by atomic mass is 16.3. The van der Waals surface area contributed by atoms with Crippen LogP contribution in [-0.4, -0.2) is 33.7 Å². The molecule has 2 aromatic rings. The van der Waals surface area contributed by atoms with Gasteiger partial charge < -0.3 is 9.32 Å². The first-order valence-corrected chi connectivity index (χ1v) is 7.14. The summed E-state index contributed by atoms with van der Waals surface area (Å²) in [6.45, 7) is 1.52. The van der Waals surface area contributed by atoms with Gasteiger partial charge in [0.25, 0.3) is 5.56 Å². The Labute approximate surface area is 122 Å². The first kappa shape index (κ1) is 13.6. The third kappa shape index (κ3) is 3.04. The van der Waals surface area contributed by atoms with E-state index in [1.807, 2.05) is 0 Å². The van der Waals surface area contributed by atoms with Crippen molar-refractivity contribution in [2.75, 3.05) is 13.1 Å². The van der Waals surface area contributed by atoms with Crippen molar-refractivity contribution < 1.29 is 9.21 Å². The van der Waals surface area contributed by atoms with Crippen LogP contribution in [0.4, 0.5) is 0 Å². The van der Waals surface area contributed by atoms with E-state index >= 15 is 0 Å². The molecule has 0 spiro atoms. The van der Waals surface area contributed by atoms with Crippen LogP contribution in [0.15, 0.2) is 39.7 Å². The molecule has 21 heavy (non-hydrogen) atoms. The molecule has 0 atom stereocenters. The van der Waals surface area contributed by atoms with Crippen molar-refractivity contribution in [2.45, 2.75) is 25.8 Å². The summed E-state index contributed by atoms with van der Waals surface area (Å²) in [6, 6.07) is 6.53. The molecule has 1 saturated heterocycles. The van der Waals surface area contributed by atoms with Crippen LogP contribution in [0, 0.1) is 0 Å². The Bertz CT molecular complexity index is 670. The Kier molecular flexibility index (Phi) is 3.85. The van der Waals surface area contributed by atoms with Crippen molar-refractivity contribution in [1.82, 2.24) is 14.7 Å². The zero-order valence-corrected chi connectivity index (χ0v) is 11.7. The number of amides is 1. The third-order valence-electron chi connectivity index (χ3n) is 3.63. The topological polar surface area (TPSA) is 68.3 Å². The highest BCUT2D eigenvalue weighted by Crippen LogP contribution is 2.15. The fourth-order valence-electron chi connectivity index (χ4n) is 2.49. The number of carbonyl (C=O) groups is 1. The van der Waals surface area contributed by atoms with Crippen molar-refractivity contribution in [1.29, 1.82) is 0 Å². The Morgan fingerprint density at radius 1 is 1.19 bits per heavy atom. The molecule has 0 saturated carbocycles. The number of carbonyl (C=O) groups excluding carboxylic acids is 1. The largest absolute Gasteiger partial charge is 0.463 e. The fourth-order valence-corrected chi connectivity index (χ4v) is 2.49. The second kappa shape index (κ2) is 5.95. The molecule has 0 radical (unpaired) electrons. The summed E-state index contributed by atoms with van der Waals surface area (Å²) >= 11 is 0. The van der Waals surface area contributed by atoms with Crippen molar-refractivity contribution in [3.05, 3.63) is 40.9 Å². The number of nitrogens with zero attached hydrogens (tertiary/aromatic N) is 3. The van der Waals surface area contributed by atoms with Crippen LogP contribution in [0.25, 0.3) is 11.5 Å². The molecule has 2 aromatic heterocycles. The van der Waals surface area contributed by atoms with Crippen LogP contribution in [-0.2, 0) is 11.3 Å². The first-order chi connectivity index (χ1) is 10.2. The summed E-state index contributed by atoms with van der Waals surface area (Å²) in [4.78, 5) is 25.9. The Morgan fingerprint density at radius 2 is 2.00 bits per heavy atom. The van der Waals surface area contributed by atoms with Crippen LogP contribution in [0.2, 0.25) is 0 Å². The van der Waals surface area contributed by atoms with Gasteiger partial charge >= 0.3 is 0 Å². The lowest BCUT2D eigenvalue weighted by Crippen LogP contribution is -2.40. The van der Waals surface area contributed by atoms with E-state index in [2.05, 4.69) is 5.10 Å². The molecule has 1 aliphatic rings. The normalized spacial score (nSPS) is 15.1. The average molecular weight is 287 g/mol. The SMILES string of the molecule is O=C(Cn1nc(-c2ccco2)ccc1=O)N1CCCCC1. The standard InChI is InChI=1S/C15H17N3O3/c19-14-7-6-12(13-5-4-10-21-13)16-18(14)11-15(20)17-8-2-1-3-9-17/h4-7,10H,1-3,8-9,11H2. The Hall–Kier alpha value is -2.37. The van der Waals surface area contributed by atoms with Gasteiger partial charge in [-0.1, -0.05) is 0 Å². The van der Waals surface area contributed by atoms with Crippen LogP contribution >= 0.6 is 0 Å². The summed E-state index contributed by atoms with van der Waals surface area (Å²) in [6.07, 6.45) is 4.77. The molecule has 6 nitrogen and oxygen atoms in total. The van der Waals surface area contributed by atoms with Gasteiger partial charge in [-0.2, -0.15) is 5.10 Å². The van der Waals surface area contributed by atoms with Crippen molar-refractivity contribution >= 4 is 5.91 Å². The van der Waals surface area contributed by atoms with Gasteiger partial charge in [-0.3, -0.25) is 9.59 Å². The molecule has 6 heteroatoms. The molecule has 3 heterocycles. The molecule has 1 fully saturated rings. The van der Waals surface area contributed by atoms with Gasteiger partial charge in [-0.15, -0.1) is 0 Å². The second-order valence-electron chi connectivity index (χ2n) is 5.13. The average Bonchev–Trinajstić information content (AvgIpc) is 3.04. The molecule has 1 amide bonds. The van der Waals surface area contributed by atoms with Gasteiger partial charge in [0, 0.05) is 19.2 Å². The highest BCUT2D eigenvalue weighted by Gasteiger charge is 2.18. The minimum Gasteiger partial charge on any atom is -0.463 e. The predicted molar refractivity (Wildman–Crippen MR) is 76.6 cm³/mol. The summed E-state index contributed by atoms with van der Waals surface area (Å²) < 4.78 is 6.47. The molecule has 110 valence electrons. The Balaban J connectivity index is 1.79. The maximum absolute atomic E-state index is 12.2. The lowest BCUT2D eigenvalue weighted by atomic mass is 10.1. The minimum atomic E-state index is -0.282. The molecule has 0 N–H and O–H groups in total. The monoisotopic (exact) mass is 287 g/mol. The van der Waals surface area contributed by atoms with Crippen molar-refractivity contribution in [3.8, 4) is 11.5 Å². The number of furan rings is 1. The summed E-state index contributed by atoms with van der Waals surface area (Å²) in [5.74, 6) is 0.523. The van der Waals surface area contributed by atoms with Crippen LogP contribution in [0.5, 0.6) is 0 Å². The third-order valence-corrected chi connectivity index (χ3v) is 3.63. The quantitative estimate of drug-likeness (QED) is 0.858. The van der Waals surface area contributed by atoms with Gasteiger partial charge in [0.1, 0.15) is 12.2 Å². The second-order valence-corrected chi connectivity index (χ2v) is 5.13. The molecular formula is C15H17N3O3. The summed E-state index contributed by atoms with van der Waals surface area (Å²) in [5, 5.41) is 4.21. The molecule has 0 aromatic carbocycles. The van der Waals surface area contributed by atoms with E-state index in [0.717, 1.165) is 32.4 Å². The number of rotatable bonds is 3. The van der Waals surface area contributed by atoms with Gasteiger partial charge in [0.15, 0.2) is 5.76 Å². The van der Waals surface area contributed by atoms with E-state index in [1.165, 1.54) is 10.7 Å². The van der Waals surface area contributed by atoms with Gasteiger partial charge in [-0.25, -0.2) is 4.68 Å². The van der Waals surface area contributed by atoms with E-state index < -0.39 is 0 Å². The van der Waals surface area contributed by atoms with E-state index in [1.54, 1.807) is 29.4 Å². The molecular weight excluding hydrogens is 270 g/mol. The number of piperidine rings is 1. The molecule has 0 aliphatic carbocycles. The van der Waals surface area contributed by atoms with E-state index in [9.17, 15) is 9.59 Å². The lowest BCUT2D eigenvalue weighted by molar-refractivity contribution is -0.133. The number of hydrogen-bond donors (Lipinski definition) is 0. The fraction of sp³-hybridized carbons (Fsp3) is 0.400. The van der Waals surface area contributed by atoms with Crippen LogP contribution < -0.4 is 5.56 Å². The van der Waals surface area contributed by atoms with Gasteiger partial charge in [0.2, 0.25) is 5.91 Å². The maximum Gasteiger partial charge on any atom is 0.267 e. The van der Waals surface area contributed by atoms with Crippen LogP contribution in [0.3, 0.4) is 0 Å². The zero-order valence-electron chi connectivity index (χ0n) is 11.7. The molecule has 0 bridgehead atoms. The van der Waals surface area contributed by atoms with Gasteiger partial charge in [0.05, 0.1) is 6.26 Å². The summed E-state index contributed by atoms with van der Waals surface area (Å²) in [5.41, 5.74) is 0.265. The smallest absolute Gasteiger partial charge is 0.267 e. The van der Waals surface area contributed by atoms with Crippen molar-refractivity contribution in [2.24, 2.45) is 0 Å². The zero-order chi connectivity index (χ0) is 14.7. The lowest BCUT2D eigenvalue weighted by Gasteiger charge is -2.26. The Morgan fingerprint density at radius 3 is 2.71 bits per heavy atom. The van der Waals surface area contributed by atoms with Crippen molar-refractivity contribution in [3.63, 3.8) is 0 Å². The van der Waals surface area contributed by atoms with Gasteiger partial charge in [-0.05, 0) is 37.5 Å². The molecule has 3 rings (SSSR count). The van der Waals surface area contributed by atoms with E-state index in [0.29, 0.717) is 11.5 Å². The highest BCUT2D eigenvalue weighted by molar-refractivity contribution is 5.76. The van der Waals surface area contributed by atoms with E-state index in [-0.39, 0.29) is 18.0 Å². The molecule has 0 unspecified atom stereocenters. The first-order valence-electron chi connectivity index (χ1n) is 7.14. The number of hydrogen-bond acceptors (Lipinski definition) is 4. The maximum atomic E-state index is 12.2. The van der Waals surface area contributed by atoms with Crippen LogP contribution in [0.1, 0.15) is 19.3 Å². The predicted octanol–water partition coefficient (Wildman–Crippen LogP) is 1.52. The van der Waals surface area contributed by atoms with E-state index in [4.69, 9.17) is 4.42 Å². The summed E-state index contributed by atoms with van der Waals surface area (Å²) in [7, 11) is 0. The number of likely N-dealkylation sites (tertiary alicyclic amines) is 1. The minimum absolute atomic E-state index is 0.0205.